The molecule has 0 aliphatic carbocycles. The zero-order valence-corrected chi connectivity index (χ0v) is 9.40. The molecule has 0 atom stereocenters. The van der Waals surface area contributed by atoms with Crippen LogP contribution < -0.4 is 5.73 Å². The van der Waals surface area contributed by atoms with Crippen molar-refractivity contribution in [1.82, 2.24) is 0 Å². The smallest absolute Gasteiger partial charge is 0.159 e. The maximum atomic E-state index is 13.0. The van der Waals surface area contributed by atoms with E-state index in [1.54, 1.807) is 0 Å². The second-order valence-corrected chi connectivity index (χ2v) is 4.48. The van der Waals surface area contributed by atoms with Crippen LogP contribution in [0.3, 0.4) is 0 Å². The summed E-state index contributed by atoms with van der Waals surface area (Å²) in [4.78, 5) is 0.928. The molecule has 0 unspecified atom stereocenters. The normalized spacial score (nSPS) is 10.5. The van der Waals surface area contributed by atoms with Crippen molar-refractivity contribution in [1.29, 1.82) is 0 Å². The van der Waals surface area contributed by atoms with Gasteiger partial charge in [0.1, 0.15) is 5.82 Å². The van der Waals surface area contributed by atoms with Gasteiger partial charge in [-0.1, -0.05) is 11.8 Å². The zero-order chi connectivity index (χ0) is 12.4. The number of benzene rings is 2. The van der Waals surface area contributed by atoms with E-state index in [2.05, 4.69) is 0 Å². The molecule has 0 aliphatic rings. The van der Waals surface area contributed by atoms with Crippen molar-refractivity contribution in [2.24, 2.45) is 0 Å². The Bertz CT molecular complexity index is 557. The van der Waals surface area contributed by atoms with Crippen LogP contribution in [-0.2, 0) is 0 Å². The van der Waals surface area contributed by atoms with Crippen LogP contribution in [0.2, 0.25) is 0 Å². The van der Waals surface area contributed by atoms with Gasteiger partial charge >= 0.3 is 0 Å². The van der Waals surface area contributed by atoms with E-state index in [1.807, 2.05) is 0 Å². The van der Waals surface area contributed by atoms with Crippen LogP contribution in [0.25, 0.3) is 0 Å². The maximum Gasteiger partial charge on any atom is 0.159 e. The van der Waals surface area contributed by atoms with E-state index in [0.29, 0.717) is 15.5 Å². The summed E-state index contributed by atoms with van der Waals surface area (Å²) in [6.07, 6.45) is 0. The average molecular weight is 255 g/mol. The summed E-state index contributed by atoms with van der Waals surface area (Å²) < 4.78 is 38.7. The Morgan fingerprint density at radius 3 is 2.35 bits per heavy atom. The van der Waals surface area contributed by atoms with Crippen molar-refractivity contribution in [3.05, 3.63) is 53.8 Å². The van der Waals surface area contributed by atoms with E-state index in [9.17, 15) is 13.2 Å². The predicted molar refractivity (Wildman–Crippen MR) is 61.3 cm³/mol. The second-order valence-electron chi connectivity index (χ2n) is 3.36. The molecular formula is C12H8F3NS. The van der Waals surface area contributed by atoms with Crippen LogP contribution in [-0.4, -0.2) is 0 Å². The fraction of sp³-hybridized carbons (Fsp3) is 0. The lowest BCUT2D eigenvalue weighted by atomic mass is 10.3. The first-order valence-electron chi connectivity index (χ1n) is 4.74. The third-order valence-electron chi connectivity index (χ3n) is 2.09. The van der Waals surface area contributed by atoms with Crippen molar-refractivity contribution in [3.63, 3.8) is 0 Å². The van der Waals surface area contributed by atoms with Gasteiger partial charge in [0.15, 0.2) is 11.6 Å². The molecule has 1 nitrogen and oxygen atoms in total. The Hall–Kier alpha value is -1.62. The number of hydrogen-bond acceptors (Lipinski definition) is 2. The molecule has 0 fully saturated rings. The Morgan fingerprint density at radius 2 is 1.65 bits per heavy atom. The number of hydrogen-bond donors (Lipinski definition) is 1. The highest BCUT2D eigenvalue weighted by Crippen LogP contribution is 2.33. The van der Waals surface area contributed by atoms with Crippen molar-refractivity contribution >= 4 is 17.4 Å². The Balaban J connectivity index is 2.31. The number of rotatable bonds is 2. The first-order chi connectivity index (χ1) is 8.06. The minimum absolute atomic E-state index is 0.390. The van der Waals surface area contributed by atoms with Gasteiger partial charge in [0, 0.05) is 15.5 Å². The lowest BCUT2D eigenvalue weighted by Crippen LogP contribution is -1.90. The molecule has 0 aromatic heterocycles. The van der Waals surface area contributed by atoms with Gasteiger partial charge in [0.2, 0.25) is 0 Å². The van der Waals surface area contributed by atoms with E-state index in [1.165, 1.54) is 24.3 Å². The summed E-state index contributed by atoms with van der Waals surface area (Å²) in [7, 11) is 0. The molecule has 0 amide bonds. The summed E-state index contributed by atoms with van der Waals surface area (Å²) in [5, 5.41) is 0. The average Bonchev–Trinajstić information content (AvgIpc) is 2.29. The van der Waals surface area contributed by atoms with Crippen molar-refractivity contribution < 1.29 is 13.2 Å². The van der Waals surface area contributed by atoms with Gasteiger partial charge < -0.3 is 5.73 Å². The molecule has 5 heteroatoms. The quantitative estimate of drug-likeness (QED) is 0.825. The molecule has 0 radical (unpaired) electrons. The minimum atomic E-state index is -0.940. The standard InChI is InChI=1S/C12H8F3NS/c13-7-1-4-11(16)12(5-7)17-8-2-3-9(14)10(15)6-8/h1-6H,16H2. The van der Waals surface area contributed by atoms with Gasteiger partial charge in [-0.3, -0.25) is 0 Å². The molecule has 2 aromatic carbocycles. The molecule has 2 aromatic rings. The topological polar surface area (TPSA) is 26.0 Å². The number of nitrogens with two attached hydrogens (primary N) is 1. The second kappa shape index (κ2) is 4.71. The Labute approximate surface area is 100 Å². The van der Waals surface area contributed by atoms with E-state index >= 15 is 0 Å². The van der Waals surface area contributed by atoms with Crippen molar-refractivity contribution in [2.75, 3.05) is 5.73 Å². The van der Waals surface area contributed by atoms with Gasteiger partial charge in [-0.15, -0.1) is 0 Å². The summed E-state index contributed by atoms with van der Waals surface area (Å²) in [6.45, 7) is 0. The number of nitrogen functional groups attached to an aromatic ring is 1. The summed E-state index contributed by atoms with van der Waals surface area (Å²) in [5.74, 6) is -2.28. The third kappa shape index (κ3) is 2.74. The van der Waals surface area contributed by atoms with Gasteiger partial charge in [0.05, 0.1) is 0 Å². The van der Waals surface area contributed by atoms with Gasteiger partial charge in [-0.2, -0.15) is 0 Å². The molecule has 0 spiro atoms. The highest BCUT2D eigenvalue weighted by molar-refractivity contribution is 7.99. The SMILES string of the molecule is Nc1ccc(F)cc1Sc1ccc(F)c(F)c1. The van der Waals surface area contributed by atoms with Crippen LogP contribution >= 0.6 is 11.8 Å². The summed E-state index contributed by atoms with van der Waals surface area (Å²) >= 11 is 1.08. The monoisotopic (exact) mass is 255 g/mol. The highest BCUT2D eigenvalue weighted by atomic mass is 32.2. The fourth-order valence-corrected chi connectivity index (χ4v) is 2.17. The fourth-order valence-electron chi connectivity index (χ4n) is 1.26. The first kappa shape index (κ1) is 11.9. The molecule has 0 saturated carbocycles. The number of anilines is 1. The lowest BCUT2D eigenvalue weighted by molar-refractivity contribution is 0.506. The largest absolute Gasteiger partial charge is 0.398 e. The zero-order valence-electron chi connectivity index (χ0n) is 8.58. The van der Waals surface area contributed by atoms with Crippen LogP contribution in [0.1, 0.15) is 0 Å². The minimum Gasteiger partial charge on any atom is -0.398 e. The molecule has 88 valence electrons. The molecule has 0 bridgehead atoms. The molecule has 0 saturated heterocycles. The molecule has 0 heterocycles. The summed E-state index contributed by atoms with van der Waals surface area (Å²) in [5.41, 5.74) is 6.04. The third-order valence-corrected chi connectivity index (χ3v) is 3.16. The molecule has 17 heavy (non-hydrogen) atoms. The van der Waals surface area contributed by atoms with E-state index < -0.39 is 17.5 Å². The number of halogens is 3. The van der Waals surface area contributed by atoms with E-state index in [0.717, 1.165) is 23.9 Å². The van der Waals surface area contributed by atoms with Gasteiger partial charge in [-0.05, 0) is 36.4 Å². The molecule has 2 N–H and O–H groups in total. The van der Waals surface area contributed by atoms with E-state index in [-0.39, 0.29) is 0 Å². The van der Waals surface area contributed by atoms with Crippen molar-refractivity contribution in [3.8, 4) is 0 Å². The van der Waals surface area contributed by atoms with Gasteiger partial charge in [0.25, 0.3) is 0 Å². The maximum absolute atomic E-state index is 13.0. The Kier molecular flexibility index (Phi) is 3.28. The lowest BCUT2D eigenvalue weighted by Gasteiger charge is -2.05. The predicted octanol–water partition coefficient (Wildman–Crippen LogP) is 3.84. The van der Waals surface area contributed by atoms with Crippen LogP contribution in [0.4, 0.5) is 18.9 Å². The molecule has 0 aliphatic heterocycles. The molecular weight excluding hydrogens is 247 g/mol. The molecule has 2 rings (SSSR count). The summed E-state index contributed by atoms with van der Waals surface area (Å²) in [6, 6.07) is 7.40. The van der Waals surface area contributed by atoms with Crippen LogP contribution in [0.15, 0.2) is 46.2 Å². The van der Waals surface area contributed by atoms with E-state index in [4.69, 9.17) is 5.73 Å². The van der Waals surface area contributed by atoms with Crippen LogP contribution in [0.5, 0.6) is 0 Å². The van der Waals surface area contributed by atoms with Crippen LogP contribution in [0, 0.1) is 17.5 Å². The van der Waals surface area contributed by atoms with Gasteiger partial charge in [-0.25, -0.2) is 13.2 Å². The Morgan fingerprint density at radius 1 is 0.882 bits per heavy atom. The van der Waals surface area contributed by atoms with Crippen molar-refractivity contribution in [2.45, 2.75) is 9.79 Å². The highest BCUT2D eigenvalue weighted by Gasteiger charge is 2.07. The first-order valence-corrected chi connectivity index (χ1v) is 5.56.